The van der Waals surface area contributed by atoms with Crippen molar-refractivity contribution in [2.24, 2.45) is 11.8 Å². The lowest BCUT2D eigenvalue weighted by Gasteiger charge is -2.23. The minimum Gasteiger partial charge on any atom is -0.481 e. The topological polar surface area (TPSA) is 84.2 Å². The summed E-state index contributed by atoms with van der Waals surface area (Å²) in [5.74, 6) is -2.35. The lowest BCUT2D eigenvalue weighted by atomic mass is 9.82. The first kappa shape index (κ1) is 13.3. The van der Waals surface area contributed by atoms with Crippen molar-refractivity contribution in [2.45, 2.75) is 26.3 Å². The van der Waals surface area contributed by atoms with Gasteiger partial charge in [-0.3, -0.25) is 14.3 Å². The summed E-state index contributed by atoms with van der Waals surface area (Å²) < 4.78 is 1.70. The Bertz CT molecular complexity index is 507. The van der Waals surface area contributed by atoms with E-state index in [9.17, 15) is 9.59 Å². The van der Waals surface area contributed by atoms with Crippen molar-refractivity contribution in [3.63, 3.8) is 0 Å². The molecule has 0 spiro atoms. The summed E-state index contributed by atoms with van der Waals surface area (Å²) in [7, 11) is 0. The fourth-order valence-electron chi connectivity index (χ4n) is 2.21. The maximum absolute atomic E-state index is 12.1. The second kappa shape index (κ2) is 5.69. The number of nitrogens with one attached hydrogen (secondary N) is 1. The van der Waals surface area contributed by atoms with Gasteiger partial charge in [-0.05, 0) is 19.8 Å². The van der Waals surface area contributed by atoms with E-state index in [1.54, 1.807) is 17.1 Å². The lowest BCUT2D eigenvalue weighted by molar-refractivity contribution is -0.146. The number of nitrogens with zero attached hydrogens (tertiary/aromatic N) is 2. The Hall–Kier alpha value is -2.11. The van der Waals surface area contributed by atoms with E-state index in [0.717, 1.165) is 6.54 Å². The van der Waals surface area contributed by atoms with Gasteiger partial charge in [-0.25, -0.2) is 0 Å². The molecule has 19 heavy (non-hydrogen) atoms. The number of aryl methyl sites for hydroxylation is 1. The number of aliphatic carboxylic acids is 1. The number of carboxylic acids is 1. The molecule has 1 aromatic heterocycles. The quantitative estimate of drug-likeness (QED) is 0.806. The van der Waals surface area contributed by atoms with Crippen LogP contribution in [0.15, 0.2) is 24.5 Å². The number of carbonyl (C=O) groups excluding carboxylic acids is 1. The Labute approximate surface area is 111 Å². The normalized spacial score (nSPS) is 22.2. The van der Waals surface area contributed by atoms with Gasteiger partial charge in [-0.2, -0.15) is 5.10 Å². The van der Waals surface area contributed by atoms with Crippen molar-refractivity contribution in [1.29, 1.82) is 0 Å². The molecule has 2 atom stereocenters. The fraction of sp³-hybridized carbons (Fsp3) is 0.462. The van der Waals surface area contributed by atoms with Gasteiger partial charge in [0.25, 0.3) is 0 Å². The number of anilines is 1. The van der Waals surface area contributed by atoms with E-state index in [2.05, 4.69) is 10.4 Å². The van der Waals surface area contributed by atoms with Crippen molar-refractivity contribution in [1.82, 2.24) is 9.78 Å². The van der Waals surface area contributed by atoms with Crippen LogP contribution in [0.3, 0.4) is 0 Å². The number of rotatable bonds is 4. The van der Waals surface area contributed by atoms with Crippen LogP contribution in [0.25, 0.3) is 0 Å². The zero-order chi connectivity index (χ0) is 13.8. The summed E-state index contributed by atoms with van der Waals surface area (Å²) in [6.45, 7) is 2.67. The molecule has 1 aliphatic rings. The molecule has 0 radical (unpaired) electrons. The van der Waals surface area contributed by atoms with Crippen LogP contribution < -0.4 is 5.32 Å². The Morgan fingerprint density at radius 3 is 2.68 bits per heavy atom. The molecule has 2 unspecified atom stereocenters. The third-order valence-electron chi connectivity index (χ3n) is 3.31. The second-order valence-corrected chi connectivity index (χ2v) is 4.57. The van der Waals surface area contributed by atoms with Crippen LogP contribution in [0.4, 0.5) is 5.69 Å². The zero-order valence-electron chi connectivity index (χ0n) is 10.7. The maximum Gasteiger partial charge on any atom is 0.307 e. The highest BCUT2D eigenvalue weighted by molar-refractivity contribution is 5.95. The van der Waals surface area contributed by atoms with Gasteiger partial charge >= 0.3 is 5.97 Å². The van der Waals surface area contributed by atoms with Gasteiger partial charge in [0.2, 0.25) is 5.91 Å². The highest BCUT2D eigenvalue weighted by atomic mass is 16.4. The van der Waals surface area contributed by atoms with E-state index in [1.165, 1.54) is 0 Å². The van der Waals surface area contributed by atoms with E-state index in [-0.39, 0.29) is 5.91 Å². The van der Waals surface area contributed by atoms with E-state index < -0.39 is 17.8 Å². The van der Waals surface area contributed by atoms with Crippen LogP contribution in [0.1, 0.15) is 19.8 Å². The average Bonchev–Trinajstić information content (AvgIpc) is 2.86. The molecule has 0 bridgehead atoms. The smallest absolute Gasteiger partial charge is 0.307 e. The van der Waals surface area contributed by atoms with Gasteiger partial charge in [-0.15, -0.1) is 0 Å². The molecular weight excluding hydrogens is 246 g/mol. The maximum atomic E-state index is 12.1. The molecule has 2 N–H and O–H groups in total. The number of carbonyl (C=O) groups is 2. The van der Waals surface area contributed by atoms with E-state index >= 15 is 0 Å². The molecule has 1 aliphatic carbocycles. The third-order valence-corrected chi connectivity index (χ3v) is 3.31. The summed E-state index contributed by atoms with van der Waals surface area (Å²) in [6, 6.07) is 0. The fourth-order valence-corrected chi connectivity index (χ4v) is 2.21. The third kappa shape index (κ3) is 3.01. The molecule has 0 aromatic carbocycles. The van der Waals surface area contributed by atoms with Gasteiger partial charge < -0.3 is 10.4 Å². The van der Waals surface area contributed by atoms with Crippen LogP contribution in [-0.2, 0) is 16.1 Å². The minimum atomic E-state index is -0.922. The molecule has 6 heteroatoms. The first-order valence-electron chi connectivity index (χ1n) is 6.33. The van der Waals surface area contributed by atoms with Gasteiger partial charge in [0.1, 0.15) is 0 Å². The summed E-state index contributed by atoms with van der Waals surface area (Å²) in [5.41, 5.74) is 0.602. The van der Waals surface area contributed by atoms with Crippen LogP contribution >= 0.6 is 0 Å². The highest BCUT2D eigenvalue weighted by Gasteiger charge is 2.33. The average molecular weight is 263 g/mol. The molecule has 0 saturated heterocycles. The number of hydrogen-bond acceptors (Lipinski definition) is 3. The molecule has 0 aliphatic heterocycles. The van der Waals surface area contributed by atoms with E-state index in [1.807, 2.05) is 19.1 Å². The molecule has 1 heterocycles. The summed E-state index contributed by atoms with van der Waals surface area (Å²) in [4.78, 5) is 23.3. The number of amides is 1. The number of hydrogen-bond donors (Lipinski definition) is 2. The molecular formula is C13H17N3O3. The number of aromatic nitrogens is 2. The Kier molecular flexibility index (Phi) is 3.99. The van der Waals surface area contributed by atoms with Crippen molar-refractivity contribution >= 4 is 17.6 Å². The van der Waals surface area contributed by atoms with Gasteiger partial charge in [0.15, 0.2) is 0 Å². The second-order valence-electron chi connectivity index (χ2n) is 4.57. The Morgan fingerprint density at radius 2 is 2.11 bits per heavy atom. The largest absolute Gasteiger partial charge is 0.481 e. The van der Waals surface area contributed by atoms with Crippen molar-refractivity contribution in [2.75, 3.05) is 5.32 Å². The van der Waals surface area contributed by atoms with Crippen molar-refractivity contribution in [3.8, 4) is 0 Å². The van der Waals surface area contributed by atoms with Gasteiger partial charge in [-0.1, -0.05) is 12.2 Å². The lowest BCUT2D eigenvalue weighted by Crippen LogP contribution is -2.34. The monoisotopic (exact) mass is 263 g/mol. The van der Waals surface area contributed by atoms with Crippen LogP contribution in [0.5, 0.6) is 0 Å². The number of allylic oxidation sites excluding steroid dienone is 2. The minimum absolute atomic E-state index is 0.257. The summed E-state index contributed by atoms with van der Waals surface area (Å²) >= 11 is 0. The summed E-state index contributed by atoms with van der Waals surface area (Å²) in [6.07, 6.45) is 7.84. The molecule has 1 aromatic rings. The number of carboxylic acid groups (broad SMARTS) is 1. The SMILES string of the molecule is CCn1cc(NC(=O)C2CC=CCC2C(=O)O)cn1. The van der Waals surface area contributed by atoms with Crippen LogP contribution in [0, 0.1) is 11.8 Å². The highest BCUT2D eigenvalue weighted by Crippen LogP contribution is 2.27. The predicted octanol–water partition coefficient (Wildman–Crippen LogP) is 1.51. The standard InChI is InChI=1S/C13H17N3O3/c1-2-16-8-9(7-14-16)15-12(17)10-5-3-4-6-11(10)13(18)19/h3-4,7-8,10-11H,2,5-6H2,1H3,(H,15,17)(H,18,19). The first-order valence-corrected chi connectivity index (χ1v) is 6.33. The predicted molar refractivity (Wildman–Crippen MR) is 69.5 cm³/mol. The Morgan fingerprint density at radius 1 is 1.42 bits per heavy atom. The van der Waals surface area contributed by atoms with Gasteiger partial charge in [0, 0.05) is 12.7 Å². The molecule has 102 valence electrons. The molecule has 1 amide bonds. The van der Waals surface area contributed by atoms with Crippen LogP contribution in [-0.4, -0.2) is 26.8 Å². The molecule has 0 fully saturated rings. The summed E-state index contributed by atoms with van der Waals surface area (Å²) in [5, 5.41) is 15.9. The zero-order valence-corrected chi connectivity index (χ0v) is 10.7. The van der Waals surface area contributed by atoms with E-state index in [0.29, 0.717) is 18.5 Å². The van der Waals surface area contributed by atoms with Crippen molar-refractivity contribution < 1.29 is 14.7 Å². The molecule has 2 rings (SSSR count). The molecule has 6 nitrogen and oxygen atoms in total. The van der Waals surface area contributed by atoms with E-state index in [4.69, 9.17) is 5.11 Å². The first-order chi connectivity index (χ1) is 9.11. The van der Waals surface area contributed by atoms with Crippen molar-refractivity contribution in [3.05, 3.63) is 24.5 Å². The van der Waals surface area contributed by atoms with Crippen LogP contribution in [0.2, 0.25) is 0 Å². The Balaban J connectivity index is 2.05. The van der Waals surface area contributed by atoms with Gasteiger partial charge in [0.05, 0.1) is 23.7 Å². The molecule has 0 saturated carbocycles.